The van der Waals surface area contributed by atoms with Gasteiger partial charge in [-0.25, -0.2) is 4.68 Å². The average Bonchev–Trinajstić information content (AvgIpc) is 2.78. The summed E-state index contributed by atoms with van der Waals surface area (Å²) in [5.41, 5.74) is 1.93. The summed E-state index contributed by atoms with van der Waals surface area (Å²) in [6.45, 7) is 0. The molecule has 0 fully saturated rings. The molecule has 2 aromatic heterocycles. The first-order valence-electron chi connectivity index (χ1n) is 5.32. The molecule has 0 aliphatic heterocycles. The molecule has 17 heavy (non-hydrogen) atoms. The van der Waals surface area contributed by atoms with Crippen molar-refractivity contribution in [3.63, 3.8) is 0 Å². The molecule has 3 aromatic rings. The van der Waals surface area contributed by atoms with Gasteiger partial charge >= 0.3 is 0 Å². The fourth-order valence-electron chi connectivity index (χ4n) is 1.86. The van der Waals surface area contributed by atoms with Crippen molar-refractivity contribution in [2.45, 2.75) is 0 Å². The van der Waals surface area contributed by atoms with Gasteiger partial charge in [-0.2, -0.15) is 0 Å². The van der Waals surface area contributed by atoms with E-state index in [2.05, 4.69) is 10.1 Å². The van der Waals surface area contributed by atoms with Crippen molar-refractivity contribution in [2.75, 3.05) is 7.11 Å². The SMILES string of the molecule is COc1nn(-c2cccnc2)c2ccccc12. The lowest BCUT2D eigenvalue weighted by molar-refractivity contribution is 0.398. The topological polar surface area (TPSA) is 39.9 Å². The Kier molecular flexibility index (Phi) is 2.26. The average molecular weight is 225 g/mol. The van der Waals surface area contributed by atoms with Gasteiger partial charge in [0.15, 0.2) is 0 Å². The van der Waals surface area contributed by atoms with E-state index in [9.17, 15) is 0 Å². The van der Waals surface area contributed by atoms with Crippen LogP contribution in [0.15, 0.2) is 48.8 Å². The van der Waals surface area contributed by atoms with Crippen LogP contribution in [0.25, 0.3) is 16.6 Å². The molecule has 0 amide bonds. The Morgan fingerprint density at radius 2 is 2.00 bits per heavy atom. The predicted molar refractivity (Wildman–Crippen MR) is 65.4 cm³/mol. The first-order valence-corrected chi connectivity index (χ1v) is 5.32. The number of pyridine rings is 1. The van der Waals surface area contributed by atoms with Crippen LogP contribution >= 0.6 is 0 Å². The molecule has 0 N–H and O–H groups in total. The Hall–Kier alpha value is -2.36. The van der Waals surface area contributed by atoms with Crippen LogP contribution in [0.4, 0.5) is 0 Å². The lowest BCUT2D eigenvalue weighted by Gasteiger charge is -2.00. The maximum atomic E-state index is 5.28. The van der Waals surface area contributed by atoms with Crippen LogP contribution in [-0.2, 0) is 0 Å². The van der Waals surface area contributed by atoms with Crippen LogP contribution in [0.5, 0.6) is 5.88 Å². The summed E-state index contributed by atoms with van der Waals surface area (Å²) in [6.07, 6.45) is 3.52. The van der Waals surface area contributed by atoms with Crippen molar-refractivity contribution < 1.29 is 4.74 Å². The number of benzene rings is 1. The second kappa shape index (κ2) is 3.90. The Morgan fingerprint density at radius 3 is 2.76 bits per heavy atom. The molecule has 0 bridgehead atoms. The molecule has 1 aromatic carbocycles. The molecule has 0 radical (unpaired) electrons. The first kappa shape index (κ1) is 9.84. The lowest BCUT2D eigenvalue weighted by Crippen LogP contribution is -1.96. The maximum absolute atomic E-state index is 5.28. The van der Waals surface area contributed by atoms with Crippen LogP contribution in [0.1, 0.15) is 0 Å². The highest BCUT2D eigenvalue weighted by molar-refractivity contribution is 5.85. The van der Waals surface area contributed by atoms with E-state index in [0.717, 1.165) is 16.6 Å². The van der Waals surface area contributed by atoms with E-state index < -0.39 is 0 Å². The van der Waals surface area contributed by atoms with Crippen molar-refractivity contribution >= 4 is 10.9 Å². The van der Waals surface area contributed by atoms with Crippen LogP contribution in [0, 0.1) is 0 Å². The summed E-state index contributed by atoms with van der Waals surface area (Å²) in [4.78, 5) is 4.10. The number of methoxy groups -OCH3 is 1. The highest BCUT2D eigenvalue weighted by Crippen LogP contribution is 2.26. The zero-order valence-electron chi connectivity index (χ0n) is 9.37. The minimum absolute atomic E-state index is 0.629. The van der Waals surface area contributed by atoms with Gasteiger partial charge in [0, 0.05) is 6.20 Å². The van der Waals surface area contributed by atoms with Gasteiger partial charge in [0.05, 0.1) is 29.9 Å². The molecule has 3 rings (SSSR count). The molecule has 4 nitrogen and oxygen atoms in total. The Morgan fingerprint density at radius 1 is 1.12 bits per heavy atom. The van der Waals surface area contributed by atoms with E-state index in [1.165, 1.54) is 0 Å². The quantitative estimate of drug-likeness (QED) is 0.672. The molecule has 4 heteroatoms. The zero-order chi connectivity index (χ0) is 11.7. The summed E-state index contributed by atoms with van der Waals surface area (Å²) >= 11 is 0. The minimum atomic E-state index is 0.629. The molecule has 84 valence electrons. The molecule has 0 saturated heterocycles. The standard InChI is InChI=1S/C13H11N3O/c1-17-13-11-6-2-3-7-12(11)16(15-13)10-5-4-8-14-9-10/h2-9H,1H3. The molecule has 0 saturated carbocycles. The molecule has 0 spiro atoms. The Bertz CT molecular complexity index is 646. The van der Waals surface area contributed by atoms with Crippen molar-refractivity contribution in [3.05, 3.63) is 48.8 Å². The molecular weight excluding hydrogens is 214 g/mol. The predicted octanol–water partition coefficient (Wildman–Crippen LogP) is 2.43. The Balaban J connectivity index is 2.31. The monoisotopic (exact) mass is 225 g/mol. The largest absolute Gasteiger partial charge is 0.479 e. The highest BCUT2D eigenvalue weighted by atomic mass is 16.5. The van der Waals surface area contributed by atoms with Crippen molar-refractivity contribution in [1.29, 1.82) is 0 Å². The van der Waals surface area contributed by atoms with Gasteiger partial charge in [0.1, 0.15) is 0 Å². The molecular formula is C13H11N3O. The van der Waals surface area contributed by atoms with Crippen LogP contribution < -0.4 is 4.74 Å². The van der Waals surface area contributed by atoms with Crippen LogP contribution in [-0.4, -0.2) is 21.9 Å². The normalized spacial score (nSPS) is 10.6. The van der Waals surface area contributed by atoms with E-state index in [0.29, 0.717) is 5.88 Å². The summed E-state index contributed by atoms with van der Waals surface area (Å²) in [7, 11) is 1.63. The Labute approximate surface area is 98.5 Å². The van der Waals surface area contributed by atoms with E-state index in [1.807, 2.05) is 41.1 Å². The van der Waals surface area contributed by atoms with Gasteiger partial charge in [-0.3, -0.25) is 4.98 Å². The van der Waals surface area contributed by atoms with Crippen molar-refractivity contribution in [2.24, 2.45) is 0 Å². The fraction of sp³-hybridized carbons (Fsp3) is 0.0769. The van der Waals surface area contributed by atoms with E-state index >= 15 is 0 Å². The number of fused-ring (bicyclic) bond motifs is 1. The summed E-state index contributed by atoms with van der Waals surface area (Å²) in [5, 5.41) is 5.43. The second-order valence-electron chi connectivity index (χ2n) is 3.65. The fourth-order valence-corrected chi connectivity index (χ4v) is 1.86. The molecule has 0 atom stereocenters. The summed E-state index contributed by atoms with van der Waals surface area (Å²) < 4.78 is 7.11. The van der Waals surface area contributed by atoms with Crippen molar-refractivity contribution in [1.82, 2.24) is 14.8 Å². The molecule has 2 heterocycles. The third-order valence-corrected chi connectivity index (χ3v) is 2.64. The maximum Gasteiger partial charge on any atom is 0.240 e. The number of hydrogen-bond acceptors (Lipinski definition) is 3. The highest BCUT2D eigenvalue weighted by Gasteiger charge is 2.10. The van der Waals surface area contributed by atoms with Crippen LogP contribution in [0.3, 0.4) is 0 Å². The van der Waals surface area contributed by atoms with Gasteiger partial charge in [0.2, 0.25) is 5.88 Å². The van der Waals surface area contributed by atoms with Crippen molar-refractivity contribution in [3.8, 4) is 11.6 Å². The third-order valence-electron chi connectivity index (χ3n) is 2.64. The zero-order valence-corrected chi connectivity index (χ0v) is 9.37. The number of ether oxygens (including phenoxy) is 1. The summed E-state index contributed by atoms with van der Waals surface area (Å²) in [6, 6.07) is 11.8. The number of rotatable bonds is 2. The lowest BCUT2D eigenvalue weighted by atomic mass is 10.2. The first-order chi connectivity index (χ1) is 8.40. The number of nitrogens with zero attached hydrogens (tertiary/aromatic N) is 3. The van der Waals surface area contributed by atoms with Gasteiger partial charge in [-0.15, -0.1) is 5.10 Å². The van der Waals surface area contributed by atoms with E-state index in [4.69, 9.17) is 4.74 Å². The number of para-hydroxylation sites is 1. The van der Waals surface area contributed by atoms with Gasteiger partial charge in [-0.1, -0.05) is 12.1 Å². The smallest absolute Gasteiger partial charge is 0.240 e. The minimum Gasteiger partial charge on any atom is -0.479 e. The van der Waals surface area contributed by atoms with Gasteiger partial charge in [0.25, 0.3) is 0 Å². The molecule has 0 unspecified atom stereocenters. The van der Waals surface area contributed by atoms with Gasteiger partial charge in [-0.05, 0) is 24.3 Å². The summed E-state index contributed by atoms with van der Waals surface area (Å²) in [5.74, 6) is 0.629. The number of aromatic nitrogens is 3. The third kappa shape index (κ3) is 1.54. The number of hydrogen-bond donors (Lipinski definition) is 0. The van der Waals surface area contributed by atoms with E-state index in [-0.39, 0.29) is 0 Å². The van der Waals surface area contributed by atoms with Gasteiger partial charge < -0.3 is 4.74 Å². The van der Waals surface area contributed by atoms with E-state index in [1.54, 1.807) is 19.5 Å². The molecule has 0 aliphatic rings. The second-order valence-corrected chi connectivity index (χ2v) is 3.65. The van der Waals surface area contributed by atoms with Crippen LogP contribution in [0.2, 0.25) is 0 Å². The molecule has 0 aliphatic carbocycles.